The van der Waals surface area contributed by atoms with Crippen LogP contribution in [-0.4, -0.2) is 63.3 Å². The Morgan fingerprint density at radius 1 is 1.11 bits per heavy atom. The maximum absolute atomic E-state index is 15.6. The average molecular weight is 542 g/mol. The number of benzene rings is 1. The van der Waals surface area contributed by atoms with E-state index in [2.05, 4.69) is 19.9 Å². The van der Waals surface area contributed by atoms with E-state index in [4.69, 9.17) is 17.3 Å². The van der Waals surface area contributed by atoms with Gasteiger partial charge in [0.25, 0.3) is 0 Å². The van der Waals surface area contributed by atoms with Crippen molar-refractivity contribution in [3.05, 3.63) is 53.0 Å². The van der Waals surface area contributed by atoms with E-state index in [1.54, 1.807) is 11.1 Å². The minimum atomic E-state index is -4.84. The molecule has 5 rings (SSSR count). The first kappa shape index (κ1) is 25.7. The number of aromatic nitrogens is 4. The lowest BCUT2D eigenvalue weighted by Crippen LogP contribution is -2.43. The van der Waals surface area contributed by atoms with Gasteiger partial charge in [-0.25, -0.2) is 23.7 Å². The van der Waals surface area contributed by atoms with Crippen LogP contribution in [0, 0.1) is 5.82 Å². The van der Waals surface area contributed by atoms with Gasteiger partial charge in [-0.05, 0) is 44.1 Å². The zero-order valence-electron chi connectivity index (χ0n) is 19.7. The maximum Gasteiger partial charge on any atom is 0.419 e. The summed E-state index contributed by atoms with van der Waals surface area (Å²) in [4.78, 5) is 16.5. The monoisotopic (exact) mass is 541 g/mol. The Hall–Kier alpha value is -2.99. The summed E-state index contributed by atoms with van der Waals surface area (Å²) in [5.74, 6) is -1.04. The van der Waals surface area contributed by atoms with E-state index in [1.165, 1.54) is 12.4 Å². The zero-order chi connectivity index (χ0) is 26.3. The van der Waals surface area contributed by atoms with E-state index in [9.17, 15) is 17.6 Å². The molecule has 0 bridgehead atoms. The molecule has 2 fully saturated rings. The van der Waals surface area contributed by atoms with Gasteiger partial charge >= 0.3 is 6.18 Å². The van der Waals surface area contributed by atoms with E-state index >= 15 is 4.39 Å². The summed E-state index contributed by atoms with van der Waals surface area (Å²) in [5.41, 5.74) is 4.76. The Balaban J connectivity index is 1.44. The minimum absolute atomic E-state index is 0.00999. The number of anilines is 2. The summed E-state index contributed by atoms with van der Waals surface area (Å²) in [6, 6.07) is 2.79. The zero-order valence-corrected chi connectivity index (χ0v) is 20.5. The number of likely N-dealkylation sites (tertiary alicyclic amines) is 1. The smallest absolute Gasteiger partial charge is 0.382 e. The average Bonchev–Trinajstić information content (AvgIpc) is 3.23. The lowest BCUT2D eigenvalue weighted by Gasteiger charge is -2.36. The predicted molar refractivity (Wildman–Crippen MR) is 130 cm³/mol. The second-order valence-corrected chi connectivity index (χ2v) is 9.70. The number of halogens is 6. The van der Waals surface area contributed by atoms with E-state index in [1.807, 2.05) is 4.57 Å². The summed E-state index contributed by atoms with van der Waals surface area (Å²) >= 11 is 6.23. The van der Waals surface area contributed by atoms with Gasteiger partial charge < -0.3 is 20.1 Å². The summed E-state index contributed by atoms with van der Waals surface area (Å²) in [5, 5.41) is 0.156. The summed E-state index contributed by atoms with van der Waals surface area (Å²) in [7, 11) is 0. The van der Waals surface area contributed by atoms with Gasteiger partial charge in [-0.15, -0.1) is 0 Å². The number of nitrogens with zero attached hydrogens (tertiary/aromatic N) is 6. The summed E-state index contributed by atoms with van der Waals surface area (Å²) < 4.78 is 71.2. The normalized spacial score (nSPS) is 20.8. The van der Waals surface area contributed by atoms with Crippen molar-refractivity contribution >= 4 is 23.2 Å². The first-order valence-electron chi connectivity index (χ1n) is 11.9. The number of imidazole rings is 1. The molecule has 0 amide bonds. The lowest BCUT2D eigenvalue weighted by molar-refractivity contribution is -0.139. The molecule has 0 radical (unpaired) electrons. The molecular formula is C24H25ClF5N7. The van der Waals surface area contributed by atoms with Crippen LogP contribution in [0.1, 0.15) is 30.1 Å². The molecule has 2 aliphatic rings. The third-order valence-electron chi connectivity index (χ3n) is 6.95. The first-order chi connectivity index (χ1) is 17.6. The fraction of sp³-hybridized carbons (Fsp3) is 0.458. The molecule has 2 atom stereocenters. The van der Waals surface area contributed by atoms with Crippen molar-refractivity contribution in [2.45, 2.75) is 37.7 Å². The number of piperidine rings is 1. The SMILES string of the molecule is Nc1ncnc(N2CC[C@@H](c3nc(-c4ccc(F)c(C(F)(F)F)c4)cn3CCN3CCC3)[C@H](F)C2)c1Cl. The van der Waals surface area contributed by atoms with Crippen molar-refractivity contribution in [3.8, 4) is 11.3 Å². The Morgan fingerprint density at radius 2 is 1.89 bits per heavy atom. The van der Waals surface area contributed by atoms with Gasteiger partial charge in [0, 0.05) is 31.4 Å². The Labute approximate surface area is 215 Å². The predicted octanol–water partition coefficient (Wildman–Crippen LogP) is 4.77. The molecule has 0 saturated carbocycles. The van der Waals surface area contributed by atoms with E-state index < -0.39 is 29.6 Å². The van der Waals surface area contributed by atoms with Gasteiger partial charge in [-0.1, -0.05) is 11.6 Å². The highest BCUT2D eigenvalue weighted by Gasteiger charge is 2.37. The molecule has 37 heavy (non-hydrogen) atoms. The Bertz CT molecular complexity index is 1280. The number of hydrogen-bond acceptors (Lipinski definition) is 6. The van der Waals surface area contributed by atoms with Crippen LogP contribution in [0.5, 0.6) is 0 Å². The molecule has 13 heteroatoms. The molecule has 0 unspecified atom stereocenters. The summed E-state index contributed by atoms with van der Waals surface area (Å²) in [6.07, 6.45) is -1.81. The maximum atomic E-state index is 15.6. The van der Waals surface area contributed by atoms with Crippen LogP contribution in [0.4, 0.5) is 33.6 Å². The van der Waals surface area contributed by atoms with Crippen LogP contribution in [0.2, 0.25) is 5.02 Å². The number of hydrogen-bond donors (Lipinski definition) is 1. The van der Waals surface area contributed by atoms with Crippen LogP contribution < -0.4 is 10.6 Å². The van der Waals surface area contributed by atoms with Crippen LogP contribution in [-0.2, 0) is 12.7 Å². The van der Waals surface area contributed by atoms with Crippen LogP contribution in [0.3, 0.4) is 0 Å². The summed E-state index contributed by atoms with van der Waals surface area (Å²) in [6.45, 7) is 3.57. The molecule has 2 aromatic heterocycles. The molecule has 2 aliphatic heterocycles. The molecule has 7 nitrogen and oxygen atoms in total. The molecule has 0 aliphatic carbocycles. The standard InChI is InChI=1S/C24H25ClF5N7/c25-20-21(31)32-13-33-23(20)36-7-4-15(18(27)11-36)22-34-19(12-37(22)9-8-35-5-1-6-35)14-2-3-17(26)16(10-14)24(28,29)30/h2-3,10,12-13,15,18H,1,4-9,11H2,(H2,31,32,33)/t15-,18-/m1/s1. The number of rotatable bonds is 6. The van der Waals surface area contributed by atoms with Crippen molar-refractivity contribution in [3.63, 3.8) is 0 Å². The van der Waals surface area contributed by atoms with E-state index in [0.29, 0.717) is 37.7 Å². The highest BCUT2D eigenvalue weighted by molar-refractivity contribution is 6.35. The van der Waals surface area contributed by atoms with Crippen LogP contribution in [0.25, 0.3) is 11.3 Å². The molecule has 3 aromatic rings. The largest absolute Gasteiger partial charge is 0.419 e. The first-order valence-corrected chi connectivity index (χ1v) is 12.3. The lowest BCUT2D eigenvalue weighted by atomic mass is 9.94. The molecular weight excluding hydrogens is 517 g/mol. The van der Waals surface area contributed by atoms with Crippen molar-refractivity contribution in [2.24, 2.45) is 0 Å². The third-order valence-corrected chi connectivity index (χ3v) is 7.31. The van der Waals surface area contributed by atoms with E-state index in [0.717, 1.165) is 31.6 Å². The molecule has 1 aromatic carbocycles. The minimum Gasteiger partial charge on any atom is -0.382 e. The molecule has 4 heterocycles. The number of nitrogen functional groups attached to an aromatic ring is 1. The molecule has 0 spiro atoms. The van der Waals surface area contributed by atoms with Gasteiger partial charge in [0.1, 0.15) is 35.0 Å². The third kappa shape index (κ3) is 5.22. The molecule has 2 saturated heterocycles. The van der Waals surface area contributed by atoms with Gasteiger partial charge in [0.2, 0.25) is 0 Å². The van der Waals surface area contributed by atoms with Gasteiger partial charge in [-0.2, -0.15) is 13.2 Å². The number of nitrogens with two attached hydrogens (primary N) is 1. The van der Waals surface area contributed by atoms with Crippen molar-refractivity contribution < 1.29 is 22.0 Å². The highest BCUT2D eigenvalue weighted by Crippen LogP contribution is 2.38. The van der Waals surface area contributed by atoms with Crippen molar-refractivity contribution in [1.29, 1.82) is 0 Å². The topological polar surface area (TPSA) is 76.1 Å². The molecule has 198 valence electrons. The second-order valence-electron chi connectivity index (χ2n) is 9.32. The van der Waals surface area contributed by atoms with Crippen LogP contribution in [0.15, 0.2) is 30.7 Å². The van der Waals surface area contributed by atoms with Gasteiger partial charge in [-0.3, -0.25) is 0 Å². The fourth-order valence-corrected chi connectivity index (χ4v) is 5.00. The second kappa shape index (κ2) is 10.1. The van der Waals surface area contributed by atoms with Gasteiger partial charge in [0.15, 0.2) is 5.82 Å². The Morgan fingerprint density at radius 3 is 2.57 bits per heavy atom. The van der Waals surface area contributed by atoms with Crippen molar-refractivity contribution in [1.82, 2.24) is 24.4 Å². The van der Waals surface area contributed by atoms with E-state index in [-0.39, 0.29) is 28.6 Å². The quantitative estimate of drug-likeness (QED) is 0.453. The fourth-order valence-electron chi connectivity index (χ4n) is 4.78. The molecule has 2 N–H and O–H groups in total. The highest BCUT2D eigenvalue weighted by atomic mass is 35.5. The van der Waals surface area contributed by atoms with Crippen LogP contribution >= 0.6 is 11.6 Å². The number of alkyl halides is 4. The van der Waals surface area contributed by atoms with Crippen molar-refractivity contribution in [2.75, 3.05) is 43.4 Å². The Kier molecular flexibility index (Phi) is 6.97. The van der Waals surface area contributed by atoms with Gasteiger partial charge in [0.05, 0.1) is 23.7 Å².